The number of hydrogen-bond acceptors (Lipinski definition) is 2. The van der Waals surface area contributed by atoms with E-state index in [9.17, 15) is 0 Å². The van der Waals surface area contributed by atoms with Crippen LogP contribution in [0.15, 0.2) is 18.2 Å². The maximum absolute atomic E-state index is 3.55. The minimum Gasteiger partial charge on any atom is -0.371 e. The lowest BCUT2D eigenvalue weighted by molar-refractivity contribution is 0.516. The third kappa shape index (κ3) is 3.26. The van der Waals surface area contributed by atoms with Crippen LogP contribution in [0.1, 0.15) is 30.9 Å². The van der Waals surface area contributed by atoms with Gasteiger partial charge in [0.05, 0.1) is 0 Å². The van der Waals surface area contributed by atoms with E-state index in [-0.39, 0.29) is 0 Å². The molecule has 2 nitrogen and oxygen atoms in total. The predicted molar refractivity (Wildman–Crippen MR) is 79.4 cm³/mol. The van der Waals surface area contributed by atoms with Crippen LogP contribution in [0.3, 0.4) is 0 Å². The van der Waals surface area contributed by atoms with Gasteiger partial charge in [0.2, 0.25) is 0 Å². The summed E-state index contributed by atoms with van der Waals surface area (Å²) in [5.41, 5.74) is 4.21. The Morgan fingerprint density at radius 2 is 2.17 bits per heavy atom. The van der Waals surface area contributed by atoms with Crippen molar-refractivity contribution >= 4 is 5.69 Å². The Hall–Kier alpha value is -1.02. The molecular formula is C16H26N2. The highest BCUT2D eigenvalue weighted by Crippen LogP contribution is 2.27. The standard InChI is InChI=1S/C16H26N2/c1-4-8-17-11-15-7-9-18(12-15)16-10-13(2)5-6-14(16)3/h5-6,10,15,17H,4,7-9,11-12H2,1-3H3. The average Bonchev–Trinajstić information content (AvgIpc) is 2.81. The molecule has 2 rings (SSSR count). The van der Waals surface area contributed by atoms with Crippen LogP contribution in [0.2, 0.25) is 0 Å². The molecule has 1 heterocycles. The molecule has 0 amide bonds. The summed E-state index contributed by atoms with van der Waals surface area (Å²) >= 11 is 0. The fraction of sp³-hybridized carbons (Fsp3) is 0.625. The lowest BCUT2D eigenvalue weighted by Crippen LogP contribution is -2.27. The molecular weight excluding hydrogens is 220 g/mol. The number of rotatable bonds is 5. The summed E-state index contributed by atoms with van der Waals surface area (Å²) in [6, 6.07) is 6.78. The van der Waals surface area contributed by atoms with E-state index in [4.69, 9.17) is 0 Å². The summed E-state index contributed by atoms with van der Waals surface area (Å²) < 4.78 is 0. The molecule has 2 heteroatoms. The number of aryl methyl sites for hydroxylation is 2. The van der Waals surface area contributed by atoms with Gasteiger partial charge in [0, 0.05) is 18.8 Å². The number of nitrogens with zero attached hydrogens (tertiary/aromatic N) is 1. The Labute approximate surface area is 111 Å². The zero-order valence-corrected chi connectivity index (χ0v) is 12.0. The van der Waals surface area contributed by atoms with E-state index in [2.05, 4.69) is 49.2 Å². The van der Waals surface area contributed by atoms with Gasteiger partial charge in [-0.3, -0.25) is 0 Å². The Morgan fingerprint density at radius 1 is 1.33 bits per heavy atom. The molecule has 0 bridgehead atoms. The molecule has 1 fully saturated rings. The Bertz CT molecular complexity index is 387. The minimum atomic E-state index is 0.816. The quantitative estimate of drug-likeness (QED) is 0.803. The zero-order valence-electron chi connectivity index (χ0n) is 12.0. The summed E-state index contributed by atoms with van der Waals surface area (Å²) in [6.45, 7) is 11.4. The van der Waals surface area contributed by atoms with Gasteiger partial charge in [0.25, 0.3) is 0 Å². The van der Waals surface area contributed by atoms with E-state index < -0.39 is 0 Å². The molecule has 1 unspecified atom stereocenters. The van der Waals surface area contributed by atoms with Crippen molar-refractivity contribution in [2.24, 2.45) is 5.92 Å². The highest BCUT2D eigenvalue weighted by Gasteiger charge is 2.23. The number of nitrogens with one attached hydrogen (secondary N) is 1. The van der Waals surface area contributed by atoms with Crippen LogP contribution in [-0.4, -0.2) is 26.2 Å². The summed E-state index contributed by atoms with van der Waals surface area (Å²) in [5, 5.41) is 3.55. The summed E-state index contributed by atoms with van der Waals surface area (Å²) in [4.78, 5) is 2.56. The smallest absolute Gasteiger partial charge is 0.0398 e. The van der Waals surface area contributed by atoms with Gasteiger partial charge in [-0.25, -0.2) is 0 Å². The monoisotopic (exact) mass is 246 g/mol. The van der Waals surface area contributed by atoms with Crippen molar-refractivity contribution in [3.8, 4) is 0 Å². The average molecular weight is 246 g/mol. The van der Waals surface area contributed by atoms with E-state index in [1.54, 1.807) is 0 Å². The van der Waals surface area contributed by atoms with Crippen molar-refractivity contribution < 1.29 is 0 Å². The summed E-state index contributed by atoms with van der Waals surface area (Å²) in [6.07, 6.45) is 2.55. The molecule has 1 aliphatic rings. The predicted octanol–water partition coefficient (Wildman–Crippen LogP) is 3.13. The van der Waals surface area contributed by atoms with Crippen LogP contribution in [0.25, 0.3) is 0 Å². The molecule has 1 aromatic rings. The Kier molecular flexibility index (Phi) is 4.65. The first-order chi connectivity index (χ1) is 8.70. The molecule has 0 aromatic heterocycles. The van der Waals surface area contributed by atoms with E-state index in [0.29, 0.717) is 0 Å². The second kappa shape index (κ2) is 6.24. The highest BCUT2D eigenvalue weighted by molar-refractivity contribution is 5.55. The molecule has 1 aromatic carbocycles. The van der Waals surface area contributed by atoms with Crippen LogP contribution < -0.4 is 10.2 Å². The molecule has 0 saturated carbocycles. The summed E-state index contributed by atoms with van der Waals surface area (Å²) in [5.74, 6) is 0.816. The molecule has 18 heavy (non-hydrogen) atoms. The van der Waals surface area contributed by atoms with E-state index in [1.165, 1.54) is 49.3 Å². The van der Waals surface area contributed by atoms with E-state index in [0.717, 1.165) is 12.5 Å². The maximum atomic E-state index is 3.55. The van der Waals surface area contributed by atoms with Crippen LogP contribution in [0, 0.1) is 19.8 Å². The molecule has 0 aliphatic carbocycles. The van der Waals surface area contributed by atoms with Crippen LogP contribution in [0.5, 0.6) is 0 Å². The Morgan fingerprint density at radius 3 is 2.94 bits per heavy atom. The van der Waals surface area contributed by atoms with Crippen molar-refractivity contribution in [1.82, 2.24) is 5.32 Å². The fourth-order valence-corrected chi connectivity index (χ4v) is 2.76. The topological polar surface area (TPSA) is 15.3 Å². The van der Waals surface area contributed by atoms with Gasteiger partial charge in [0.1, 0.15) is 0 Å². The third-order valence-corrected chi connectivity index (χ3v) is 3.85. The van der Waals surface area contributed by atoms with Crippen LogP contribution in [0.4, 0.5) is 5.69 Å². The van der Waals surface area contributed by atoms with Gasteiger partial charge in [-0.15, -0.1) is 0 Å². The van der Waals surface area contributed by atoms with E-state index >= 15 is 0 Å². The molecule has 1 atom stereocenters. The Balaban J connectivity index is 1.93. The minimum absolute atomic E-state index is 0.816. The SMILES string of the molecule is CCCNCC1CCN(c2cc(C)ccc2C)C1. The fourth-order valence-electron chi connectivity index (χ4n) is 2.76. The van der Waals surface area contributed by atoms with Gasteiger partial charge >= 0.3 is 0 Å². The van der Waals surface area contributed by atoms with Gasteiger partial charge in [-0.05, 0) is 62.9 Å². The summed E-state index contributed by atoms with van der Waals surface area (Å²) in [7, 11) is 0. The first-order valence-electron chi connectivity index (χ1n) is 7.23. The van der Waals surface area contributed by atoms with Gasteiger partial charge in [0.15, 0.2) is 0 Å². The molecule has 1 N–H and O–H groups in total. The third-order valence-electron chi connectivity index (χ3n) is 3.85. The van der Waals surface area contributed by atoms with Crippen molar-refractivity contribution in [3.05, 3.63) is 29.3 Å². The number of hydrogen-bond donors (Lipinski definition) is 1. The second-order valence-electron chi connectivity index (χ2n) is 5.59. The first-order valence-corrected chi connectivity index (χ1v) is 7.23. The number of anilines is 1. The molecule has 1 saturated heterocycles. The largest absolute Gasteiger partial charge is 0.371 e. The maximum Gasteiger partial charge on any atom is 0.0398 e. The van der Waals surface area contributed by atoms with Crippen molar-refractivity contribution in [2.45, 2.75) is 33.6 Å². The van der Waals surface area contributed by atoms with Gasteiger partial charge in [-0.2, -0.15) is 0 Å². The van der Waals surface area contributed by atoms with Crippen LogP contribution >= 0.6 is 0 Å². The normalized spacial score (nSPS) is 19.5. The van der Waals surface area contributed by atoms with Gasteiger partial charge < -0.3 is 10.2 Å². The first kappa shape index (κ1) is 13.4. The highest BCUT2D eigenvalue weighted by atomic mass is 15.2. The zero-order chi connectivity index (χ0) is 13.0. The van der Waals surface area contributed by atoms with Crippen molar-refractivity contribution in [3.63, 3.8) is 0 Å². The lowest BCUT2D eigenvalue weighted by Gasteiger charge is -2.21. The second-order valence-corrected chi connectivity index (χ2v) is 5.59. The lowest BCUT2D eigenvalue weighted by atomic mass is 10.1. The molecule has 0 spiro atoms. The molecule has 100 valence electrons. The van der Waals surface area contributed by atoms with Crippen molar-refractivity contribution in [2.75, 3.05) is 31.1 Å². The number of benzene rings is 1. The molecule has 0 radical (unpaired) electrons. The van der Waals surface area contributed by atoms with Crippen molar-refractivity contribution in [1.29, 1.82) is 0 Å². The molecule has 1 aliphatic heterocycles. The van der Waals surface area contributed by atoms with Gasteiger partial charge in [-0.1, -0.05) is 19.1 Å². The van der Waals surface area contributed by atoms with Crippen LogP contribution in [-0.2, 0) is 0 Å². The van der Waals surface area contributed by atoms with E-state index in [1.807, 2.05) is 0 Å².